The minimum atomic E-state index is 0.0306. The van der Waals surface area contributed by atoms with Crippen molar-refractivity contribution >= 4 is 11.8 Å². The van der Waals surface area contributed by atoms with Crippen LogP contribution in [-0.4, -0.2) is 27.5 Å². The number of nitrogens with one attached hydrogen (secondary N) is 1. The van der Waals surface area contributed by atoms with E-state index in [9.17, 15) is 0 Å². The third kappa shape index (κ3) is 3.45. The molecule has 0 amide bonds. The lowest BCUT2D eigenvalue weighted by Gasteiger charge is -2.16. The summed E-state index contributed by atoms with van der Waals surface area (Å²) in [6, 6.07) is 0. The number of hydrogen-bond donors (Lipinski definition) is 1. The van der Waals surface area contributed by atoms with E-state index in [1.807, 2.05) is 24.2 Å². The molecule has 3 nitrogen and oxygen atoms in total. The lowest BCUT2D eigenvalue weighted by Crippen LogP contribution is -2.25. The molecule has 4 heteroatoms. The van der Waals surface area contributed by atoms with Crippen molar-refractivity contribution in [3.05, 3.63) is 23.8 Å². The van der Waals surface area contributed by atoms with Gasteiger partial charge in [-0.2, -0.15) is 11.8 Å². The minimum absolute atomic E-state index is 0.0306. The quantitative estimate of drug-likeness (QED) is 0.888. The van der Waals surface area contributed by atoms with Gasteiger partial charge in [0.2, 0.25) is 0 Å². The number of nitrogens with zero attached hydrogens (tertiary/aromatic N) is 2. The molecule has 1 aliphatic rings. The lowest BCUT2D eigenvalue weighted by atomic mass is 9.96. The van der Waals surface area contributed by atoms with Crippen molar-refractivity contribution in [1.82, 2.24) is 15.3 Å². The third-order valence-electron chi connectivity index (χ3n) is 3.39. The van der Waals surface area contributed by atoms with E-state index in [1.165, 1.54) is 18.4 Å². The van der Waals surface area contributed by atoms with Crippen LogP contribution in [0.1, 0.15) is 45.0 Å². The van der Waals surface area contributed by atoms with Gasteiger partial charge < -0.3 is 5.32 Å². The highest BCUT2D eigenvalue weighted by molar-refractivity contribution is 8.00. The molecule has 0 atom stereocenters. The number of hydrogen-bond acceptors (Lipinski definition) is 4. The second-order valence-electron chi connectivity index (χ2n) is 6.16. The molecule has 0 aliphatic heterocycles. The molecular weight excluding hydrogens is 242 g/mol. The summed E-state index contributed by atoms with van der Waals surface area (Å²) in [7, 11) is 0. The highest BCUT2D eigenvalue weighted by atomic mass is 32.2. The zero-order chi connectivity index (χ0) is 13.2. The molecule has 0 saturated heterocycles. The SMILES string of the molecule is CSC1(CNCc2cnc(C(C)(C)C)nc2)CC1. The van der Waals surface area contributed by atoms with Crippen molar-refractivity contribution in [2.24, 2.45) is 0 Å². The van der Waals surface area contributed by atoms with Crippen LogP contribution < -0.4 is 5.32 Å². The zero-order valence-corrected chi connectivity index (χ0v) is 12.6. The van der Waals surface area contributed by atoms with Gasteiger partial charge in [-0.25, -0.2) is 9.97 Å². The van der Waals surface area contributed by atoms with E-state index in [0.717, 1.165) is 18.9 Å². The normalized spacial score (nSPS) is 17.8. The van der Waals surface area contributed by atoms with Crippen molar-refractivity contribution < 1.29 is 0 Å². The van der Waals surface area contributed by atoms with Gasteiger partial charge in [0, 0.05) is 41.2 Å². The van der Waals surface area contributed by atoms with Crippen LogP contribution in [0.5, 0.6) is 0 Å². The average molecular weight is 265 g/mol. The summed E-state index contributed by atoms with van der Waals surface area (Å²) in [6.45, 7) is 8.36. The third-order valence-corrected chi connectivity index (χ3v) is 4.81. The van der Waals surface area contributed by atoms with Crippen molar-refractivity contribution in [3.63, 3.8) is 0 Å². The molecule has 2 rings (SSSR count). The number of thioether (sulfide) groups is 1. The Hall–Kier alpha value is -0.610. The van der Waals surface area contributed by atoms with Gasteiger partial charge >= 0.3 is 0 Å². The maximum absolute atomic E-state index is 4.44. The minimum Gasteiger partial charge on any atom is -0.311 e. The molecule has 100 valence electrons. The highest BCUT2D eigenvalue weighted by Crippen LogP contribution is 2.46. The summed E-state index contributed by atoms with van der Waals surface area (Å²) in [5.41, 5.74) is 1.20. The molecule has 1 fully saturated rings. The predicted molar refractivity (Wildman–Crippen MR) is 77.9 cm³/mol. The van der Waals surface area contributed by atoms with Crippen LogP contribution >= 0.6 is 11.8 Å². The first-order valence-corrected chi connectivity index (χ1v) is 7.75. The predicted octanol–water partition coefficient (Wildman–Crippen LogP) is 2.76. The van der Waals surface area contributed by atoms with Crippen molar-refractivity contribution in [1.29, 1.82) is 0 Å². The molecule has 0 radical (unpaired) electrons. The topological polar surface area (TPSA) is 37.8 Å². The highest BCUT2D eigenvalue weighted by Gasteiger charge is 2.41. The maximum Gasteiger partial charge on any atom is 0.133 e. The smallest absolute Gasteiger partial charge is 0.133 e. The van der Waals surface area contributed by atoms with E-state index in [1.54, 1.807) is 0 Å². The van der Waals surface area contributed by atoms with Crippen LogP contribution in [0, 0.1) is 0 Å². The van der Waals surface area contributed by atoms with E-state index in [4.69, 9.17) is 0 Å². The first-order chi connectivity index (χ1) is 8.45. The lowest BCUT2D eigenvalue weighted by molar-refractivity contribution is 0.542. The van der Waals surface area contributed by atoms with E-state index >= 15 is 0 Å². The monoisotopic (exact) mass is 265 g/mol. The molecule has 1 saturated carbocycles. The standard InChI is InChI=1S/C14H23N3S/c1-13(2,3)12-16-8-11(9-17-12)7-15-10-14(18-4)5-6-14/h8-9,15H,5-7,10H2,1-4H3. The van der Waals surface area contributed by atoms with Crippen LogP contribution in [0.3, 0.4) is 0 Å². The van der Waals surface area contributed by atoms with Crippen molar-refractivity contribution in [3.8, 4) is 0 Å². The number of aromatic nitrogens is 2. The maximum atomic E-state index is 4.44. The first-order valence-electron chi connectivity index (χ1n) is 6.52. The van der Waals surface area contributed by atoms with Gasteiger partial charge in [-0.05, 0) is 19.1 Å². The average Bonchev–Trinajstić information content (AvgIpc) is 3.09. The Kier molecular flexibility index (Phi) is 3.97. The van der Waals surface area contributed by atoms with Gasteiger partial charge in [0.1, 0.15) is 5.82 Å². The van der Waals surface area contributed by atoms with Gasteiger partial charge in [-0.15, -0.1) is 0 Å². The Bertz CT molecular complexity index is 390. The van der Waals surface area contributed by atoms with Gasteiger partial charge in [-0.1, -0.05) is 20.8 Å². The molecule has 1 aromatic heterocycles. The van der Waals surface area contributed by atoms with Crippen LogP contribution in [0.15, 0.2) is 12.4 Å². The van der Waals surface area contributed by atoms with Gasteiger partial charge in [0.15, 0.2) is 0 Å². The Morgan fingerprint density at radius 2 is 1.89 bits per heavy atom. The molecule has 1 heterocycles. The van der Waals surface area contributed by atoms with E-state index in [2.05, 4.69) is 42.3 Å². The second kappa shape index (κ2) is 5.17. The molecule has 1 aromatic rings. The summed E-state index contributed by atoms with van der Waals surface area (Å²) in [4.78, 5) is 8.89. The summed E-state index contributed by atoms with van der Waals surface area (Å²) in [5, 5.41) is 3.51. The fraction of sp³-hybridized carbons (Fsp3) is 0.714. The molecular formula is C14H23N3S. The molecule has 0 aromatic carbocycles. The molecule has 0 unspecified atom stereocenters. The molecule has 1 aliphatic carbocycles. The molecule has 1 N–H and O–H groups in total. The summed E-state index contributed by atoms with van der Waals surface area (Å²) in [6.07, 6.45) is 8.79. The van der Waals surface area contributed by atoms with Gasteiger partial charge in [-0.3, -0.25) is 0 Å². The Labute approximate surface area is 114 Å². The van der Waals surface area contributed by atoms with E-state index < -0.39 is 0 Å². The summed E-state index contributed by atoms with van der Waals surface area (Å²) >= 11 is 1.99. The fourth-order valence-electron chi connectivity index (χ4n) is 1.86. The van der Waals surface area contributed by atoms with Crippen LogP contribution in [0.25, 0.3) is 0 Å². The Balaban J connectivity index is 1.83. The van der Waals surface area contributed by atoms with Gasteiger partial charge in [0.05, 0.1) is 0 Å². The fourth-order valence-corrected chi connectivity index (χ4v) is 2.62. The van der Waals surface area contributed by atoms with Crippen molar-refractivity contribution in [2.45, 2.75) is 50.3 Å². The van der Waals surface area contributed by atoms with Crippen molar-refractivity contribution in [2.75, 3.05) is 12.8 Å². The number of rotatable bonds is 5. The van der Waals surface area contributed by atoms with Crippen LogP contribution in [0.2, 0.25) is 0 Å². The first kappa shape index (κ1) is 13.8. The largest absolute Gasteiger partial charge is 0.311 e. The summed E-state index contributed by atoms with van der Waals surface area (Å²) in [5.74, 6) is 0.911. The van der Waals surface area contributed by atoms with Gasteiger partial charge in [0.25, 0.3) is 0 Å². The van der Waals surface area contributed by atoms with Crippen LogP contribution in [-0.2, 0) is 12.0 Å². The zero-order valence-electron chi connectivity index (χ0n) is 11.8. The molecule has 18 heavy (non-hydrogen) atoms. The molecule has 0 spiro atoms. The summed E-state index contributed by atoms with van der Waals surface area (Å²) < 4.78 is 0.520. The Morgan fingerprint density at radius 3 is 2.33 bits per heavy atom. The Morgan fingerprint density at radius 1 is 1.28 bits per heavy atom. The second-order valence-corrected chi connectivity index (χ2v) is 7.43. The molecule has 0 bridgehead atoms. The van der Waals surface area contributed by atoms with E-state index in [0.29, 0.717) is 4.75 Å². The van der Waals surface area contributed by atoms with Crippen LogP contribution in [0.4, 0.5) is 0 Å². The van der Waals surface area contributed by atoms with E-state index in [-0.39, 0.29) is 5.41 Å².